The molecule has 1 aromatic rings. The van der Waals surface area contributed by atoms with Crippen molar-refractivity contribution in [3.05, 3.63) is 47.8 Å². The highest BCUT2D eigenvalue weighted by Gasteiger charge is 2.70. The number of hydrogen-bond acceptors (Lipinski definition) is 7. The van der Waals surface area contributed by atoms with E-state index in [4.69, 9.17) is 4.74 Å². The lowest BCUT2D eigenvalue weighted by atomic mass is 9.33. The van der Waals surface area contributed by atoms with Crippen molar-refractivity contribution in [2.24, 2.45) is 56.7 Å². The van der Waals surface area contributed by atoms with Crippen LogP contribution in [0.2, 0.25) is 0 Å². The quantitative estimate of drug-likeness (QED) is 0.243. The Kier molecular flexibility index (Phi) is 10.5. The minimum absolute atomic E-state index is 0.0254. The fraction of sp³-hybridized carbons (Fsp3) is 0.787. The molecular weight excluding hydrogens is 719 g/mol. The molecule has 0 bridgehead atoms. The van der Waals surface area contributed by atoms with E-state index >= 15 is 0 Å². The first-order valence-corrected chi connectivity index (χ1v) is 24.2. The normalized spacial score (nSPS) is 42.9. The summed E-state index contributed by atoms with van der Waals surface area (Å²) in [5.74, 6) is 4.05. The van der Waals surface area contributed by atoms with Gasteiger partial charge in [0.1, 0.15) is 17.8 Å². The van der Waals surface area contributed by atoms with E-state index in [1.165, 1.54) is 68.9 Å². The fourth-order valence-electron chi connectivity index (χ4n) is 15.3. The lowest BCUT2D eigenvalue weighted by Gasteiger charge is -2.72. The molecule has 0 radical (unpaired) electrons. The smallest absolute Gasteiger partial charge is 0.313 e. The maximum atomic E-state index is 12.7. The van der Waals surface area contributed by atoms with Crippen LogP contribution < -0.4 is 10.1 Å². The Morgan fingerprint density at radius 1 is 0.911 bits per heavy atom. The van der Waals surface area contributed by atoms with Gasteiger partial charge in [-0.25, -0.2) is 8.42 Å². The Hall–Kier alpha value is -2.23. The van der Waals surface area contributed by atoms with Gasteiger partial charge in [0.25, 0.3) is 0 Å². The third-order valence-corrected chi connectivity index (χ3v) is 20.2. The summed E-state index contributed by atoms with van der Waals surface area (Å²) in [5, 5.41) is 14.7. The van der Waals surface area contributed by atoms with E-state index in [9.17, 15) is 18.3 Å². The minimum atomic E-state index is -2.86. The van der Waals surface area contributed by atoms with Crippen LogP contribution in [0.15, 0.2) is 47.8 Å². The van der Waals surface area contributed by atoms with E-state index in [1.807, 2.05) is 0 Å². The Balaban J connectivity index is 0.998. The number of carbonyl (C=O) groups is 1. The fourth-order valence-corrected chi connectivity index (χ4v) is 16.6. The Morgan fingerprint density at radius 2 is 1.66 bits per heavy atom. The molecule has 310 valence electrons. The second kappa shape index (κ2) is 14.5. The number of aromatic nitrogens is 1. The van der Waals surface area contributed by atoms with Gasteiger partial charge in [0, 0.05) is 44.1 Å². The van der Waals surface area contributed by atoms with Gasteiger partial charge in [0.05, 0.1) is 11.5 Å². The highest BCUT2D eigenvalue weighted by Crippen LogP contribution is 2.76. The highest BCUT2D eigenvalue weighted by molar-refractivity contribution is 7.91. The summed E-state index contributed by atoms with van der Waals surface area (Å²) in [4.78, 5) is 19.1. The molecule has 9 heteroatoms. The number of ether oxygens (including phenoxy) is 1. The maximum Gasteiger partial charge on any atom is 0.313 e. The van der Waals surface area contributed by atoms with Crippen LogP contribution in [-0.2, 0) is 14.6 Å². The van der Waals surface area contributed by atoms with Crippen LogP contribution in [-0.4, -0.2) is 79.2 Å². The summed E-state index contributed by atoms with van der Waals surface area (Å²) in [6.45, 7) is 19.1. The molecule has 56 heavy (non-hydrogen) atoms. The van der Waals surface area contributed by atoms with E-state index in [0.717, 1.165) is 43.7 Å². The predicted molar refractivity (Wildman–Crippen MR) is 223 cm³/mol. The summed E-state index contributed by atoms with van der Waals surface area (Å²) in [6.07, 6.45) is 22.9. The van der Waals surface area contributed by atoms with Crippen molar-refractivity contribution >= 4 is 15.8 Å². The van der Waals surface area contributed by atoms with E-state index in [-0.39, 0.29) is 23.0 Å². The zero-order valence-corrected chi connectivity index (χ0v) is 36.2. The SMILES string of the molecule is CC[C@@H]1CC[C@]2(NCCN3CCS(=O)(=O)CC3)CC[C@]3(C)[C@H](CC[C@@H]4[C@@]5(C)CC=C(C6=CCC(COc7ccncc7)(C(=O)O)CC6)C(C)(C)[C@@H]5CC[C@]43C)[C@@H]12. The van der Waals surface area contributed by atoms with Crippen molar-refractivity contribution in [3.8, 4) is 5.75 Å². The molecule has 0 spiro atoms. The predicted octanol–water partition coefficient (Wildman–Crippen LogP) is 8.74. The Labute approximate surface area is 338 Å². The molecule has 2 N–H and O–H groups in total. The van der Waals surface area contributed by atoms with Crippen LogP contribution in [0.5, 0.6) is 5.75 Å². The lowest BCUT2D eigenvalue weighted by molar-refractivity contribution is -0.222. The van der Waals surface area contributed by atoms with E-state index < -0.39 is 21.2 Å². The number of carboxylic acid groups (broad SMARTS) is 1. The van der Waals surface area contributed by atoms with Crippen molar-refractivity contribution in [1.82, 2.24) is 15.2 Å². The molecule has 1 aliphatic heterocycles. The number of rotatable bonds is 10. The largest absolute Gasteiger partial charge is 0.492 e. The standard InChI is InChI=1S/C47H71N3O5S/c1-7-33-12-21-47(49-26-27-50-28-30-56(53,54)31-29-50)23-22-44(5)37(40(33)47)8-9-39-43(4)17-13-36(42(2,3)38(43)14-18-45(39,44)6)34-10-19-46(20-11-34,41(51)52)32-55-35-15-24-48-25-16-35/h10,13,15-16,24-25,33,37-40,49H,7-9,11-12,14,17-23,26-32H2,1-6H3,(H,51,52)/t33-,37-,38+,39-,40-,43+,44-,45-,46?,47+/m1/s1. The number of nitrogens with one attached hydrogen (secondary N) is 1. The summed E-state index contributed by atoms with van der Waals surface area (Å²) < 4.78 is 30.1. The first kappa shape index (κ1) is 40.5. The van der Waals surface area contributed by atoms with Crippen LogP contribution in [0.3, 0.4) is 0 Å². The molecular formula is C47H71N3O5S. The number of pyridine rings is 1. The molecule has 8 nitrogen and oxygen atoms in total. The molecule has 1 saturated heterocycles. The topological polar surface area (TPSA) is 109 Å². The number of sulfone groups is 1. The van der Waals surface area contributed by atoms with Gasteiger partial charge in [0.15, 0.2) is 9.84 Å². The molecule has 10 atom stereocenters. The first-order valence-electron chi connectivity index (χ1n) is 22.4. The molecule has 7 aliphatic rings. The third-order valence-electron chi connectivity index (χ3n) is 18.6. The van der Waals surface area contributed by atoms with Gasteiger partial charge in [-0.05, 0) is 152 Å². The van der Waals surface area contributed by atoms with Gasteiger partial charge in [-0.15, -0.1) is 0 Å². The van der Waals surface area contributed by atoms with Gasteiger partial charge >= 0.3 is 5.97 Å². The monoisotopic (exact) mass is 790 g/mol. The van der Waals surface area contributed by atoms with Gasteiger partial charge in [-0.2, -0.15) is 0 Å². The van der Waals surface area contributed by atoms with E-state index in [0.29, 0.717) is 65.9 Å². The summed E-state index contributed by atoms with van der Waals surface area (Å²) in [7, 11) is -2.86. The summed E-state index contributed by atoms with van der Waals surface area (Å²) in [6, 6.07) is 3.59. The van der Waals surface area contributed by atoms with Gasteiger partial charge in [-0.1, -0.05) is 60.1 Å². The number of fused-ring (bicyclic) bond motifs is 7. The van der Waals surface area contributed by atoms with Crippen molar-refractivity contribution in [1.29, 1.82) is 0 Å². The number of allylic oxidation sites excluding steroid dienone is 4. The van der Waals surface area contributed by atoms with E-state index in [1.54, 1.807) is 24.5 Å². The van der Waals surface area contributed by atoms with Crippen LogP contribution in [0.4, 0.5) is 0 Å². The van der Waals surface area contributed by atoms with Crippen molar-refractivity contribution in [2.75, 3.05) is 44.3 Å². The summed E-state index contributed by atoms with van der Waals surface area (Å²) >= 11 is 0. The average molecular weight is 790 g/mol. The molecule has 0 amide bonds. The molecule has 8 rings (SSSR count). The van der Waals surface area contributed by atoms with Crippen LogP contribution in [0, 0.1) is 56.7 Å². The lowest BCUT2D eigenvalue weighted by Crippen LogP contribution is -2.68. The molecule has 6 aliphatic carbocycles. The van der Waals surface area contributed by atoms with Crippen molar-refractivity contribution in [2.45, 2.75) is 131 Å². The maximum absolute atomic E-state index is 12.7. The zero-order valence-electron chi connectivity index (χ0n) is 35.4. The van der Waals surface area contributed by atoms with E-state index in [2.05, 4.69) is 68.9 Å². The second-order valence-electron chi connectivity index (χ2n) is 21.0. The van der Waals surface area contributed by atoms with Crippen LogP contribution in [0.1, 0.15) is 125 Å². The van der Waals surface area contributed by atoms with Gasteiger partial charge in [-0.3, -0.25) is 9.78 Å². The van der Waals surface area contributed by atoms with Gasteiger partial charge in [0.2, 0.25) is 0 Å². The molecule has 1 unspecified atom stereocenters. The Bertz CT molecular complexity index is 1810. The summed E-state index contributed by atoms with van der Waals surface area (Å²) in [5.41, 5.74) is 3.04. The van der Waals surface area contributed by atoms with Gasteiger partial charge < -0.3 is 20.1 Å². The third kappa shape index (κ3) is 6.46. The molecule has 2 heterocycles. The molecule has 4 saturated carbocycles. The highest BCUT2D eigenvalue weighted by atomic mass is 32.2. The number of carboxylic acids is 1. The average Bonchev–Trinajstić information content (AvgIpc) is 3.54. The van der Waals surface area contributed by atoms with Crippen LogP contribution >= 0.6 is 0 Å². The van der Waals surface area contributed by atoms with Crippen molar-refractivity contribution < 1.29 is 23.1 Å². The first-order chi connectivity index (χ1) is 26.5. The zero-order chi connectivity index (χ0) is 39.8. The molecule has 5 fully saturated rings. The Morgan fingerprint density at radius 3 is 2.34 bits per heavy atom. The van der Waals surface area contributed by atoms with Crippen molar-refractivity contribution in [3.63, 3.8) is 0 Å². The van der Waals surface area contributed by atoms with Crippen LogP contribution in [0.25, 0.3) is 0 Å². The minimum Gasteiger partial charge on any atom is -0.492 e. The number of nitrogens with zero attached hydrogens (tertiary/aromatic N) is 2. The number of hydrogen-bond donors (Lipinski definition) is 2. The number of aliphatic carboxylic acids is 1. The second-order valence-corrected chi connectivity index (χ2v) is 23.3. The molecule has 1 aromatic heterocycles. The molecule has 0 aromatic carbocycles.